The fourth-order valence-corrected chi connectivity index (χ4v) is 2.14. The third kappa shape index (κ3) is 3.99. The molecule has 18 heavy (non-hydrogen) atoms. The fourth-order valence-electron chi connectivity index (χ4n) is 2.14. The summed E-state index contributed by atoms with van der Waals surface area (Å²) in [5.41, 5.74) is 0.668. The average molecular weight is 259 g/mol. The number of ether oxygens (including phenoxy) is 1. The van der Waals surface area contributed by atoms with E-state index in [1.807, 2.05) is 0 Å². The number of hydrogen-bond acceptors (Lipinski definition) is 2. The number of nitrogens with one attached hydrogen (secondary N) is 1. The van der Waals surface area contributed by atoms with Crippen LogP contribution in [0.25, 0.3) is 0 Å². The monoisotopic (exact) mass is 259 g/mol. The summed E-state index contributed by atoms with van der Waals surface area (Å²) in [4.78, 5) is 0. The quantitative estimate of drug-likeness (QED) is 0.897. The summed E-state index contributed by atoms with van der Waals surface area (Å²) in [5, 5.41) is 3.04. The van der Waals surface area contributed by atoms with Crippen molar-refractivity contribution in [2.45, 2.75) is 31.1 Å². The van der Waals surface area contributed by atoms with E-state index in [2.05, 4.69) is 5.32 Å². The Morgan fingerprint density at radius 2 is 2.00 bits per heavy atom. The fraction of sp³-hybridized carbons (Fsp3) is 0.538. The zero-order valence-corrected chi connectivity index (χ0v) is 9.91. The van der Waals surface area contributed by atoms with E-state index in [9.17, 15) is 13.2 Å². The van der Waals surface area contributed by atoms with Crippen molar-refractivity contribution < 1.29 is 17.9 Å². The summed E-state index contributed by atoms with van der Waals surface area (Å²) < 4.78 is 43.0. The van der Waals surface area contributed by atoms with Gasteiger partial charge in [-0.2, -0.15) is 13.2 Å². The lowest BCUT2D eigenvalue weighted by Gasteiger charge is -2.23. The smallest absolute Gasteiger partial charge is 0.380 e. The molecule has 1 heterocycles. The van der Waals surface area contributed by atoms with Crippen LogP contribution < -0.4 is 5.32 Å². The van der Waals surface area contributed by atoms with Crippen LogP contribution in [-0.2, 0) is 4.74 Å². The number of hydrogen-bond donors (Lipinski definition) is 1. The zero-order chi connectivity index (χ0) is 13.0. The topological polar surface area (TPSA) is 21.3 Å². The molecule has 0 amide bonds. The summed E-state index contributed by atoms with van der Waals surface area (Å²) in [6.07, 6.45) is -4.26. The van der Waals surface area contributed by atoms with Crippen LogP contribution >= 0.6 is 0 Å². The van der Waals surface area contributed by atoms with Gasteiger partial charge in [-0.15, -0.1) is 0 Å². The summed E-state index contributed by atoms with van der Waals surface area (Å²) in [7, 11) is 0. The second-order valence-electron chi connectivity index (χ2n) is 4.51. The highest BCUT2D eigenvalue weighted by molar-refractivity contribution is 5.19. The van der Waals surface area contributed by atoms with Gasteiger partial charge in [0.05, 0.1) is 13.0 Å². The Morgan fingerprint density at radius 3 is 2.56 bits per heavy atom. The van der Waals surface area contributed by atoms with Crippen molar-refractivity contribution in [1.29, 1.82) is 0 Å². The molecular formula is C13H16F3NO. The lowest BCUT2D eigenvalue weighted by Crippen LogP contribution is -2.35. The molecule has 0 bridgehead atoms. The van der Waals surface area contributed by atoms with Gasteiger partial charge < -0.3 is 10.1 Å². The normalized spacial score (nSPS) is 22.1. The molecule has 0 radical (unpaired) electrons. The van der Waals surface area contributed by atoms with Gasteiger partial charge in [-0.1, -0.05) is 30.3 Å². The first-order valence-corrected chi connectivity index (χ1v) is 6.00. The molecule has 1 aromatic carbocycles. The van der Waals surface area contributed by atoms with Gasteiger partial charge in [0.1, 0.15) is 0 Å². The van der Waals surface area contributed by atoms with Crippen molar-refractivity contribution in [3.63, 3.8) is 0 Å². The molecule has 100 valence electrons. The molecule has 1 N–H and O–H groups in total. The van der Waals surface area contributed by atoms with E-state index in [-0.39, 0.29) is 6.04 Å². The van der Waals surface area contributed by atoms with E-state index < -0.39 is 18.6 Å². The molecule has 1 aliphatic heterocycles. The van der Waals surface area contributed by atoms with E-state index in [1.54, 1.807) is 30.3 Å². The molecule has 1 aromatic rings. The predicted molar refractivity (Wildman–Crippen MR) is 62.2 cm³/mol. The molecule has 0 spiro atoms. The van der Waals surface area contributed by atoms with Crippen LogP contribution in [0.2, 0.25) is 0 Å². The maximum absolute atomic E-state index is 12.6. The molecule has 1 saturated heterocycles. The summed E-state index contributed by atoms with van der Waals surface area (Å²) in [6.45, 7) is 1.10. The standard InChI is InChI=1S/C13H16F3NO/c14-13(15,16)8-12(10-4-2-1-3-5-10)17-11-6-7-18-9-11/h1-5,11-12,17H,6-9H2. The first-order chi connectivity index (χ1) is 8.54. The first-order valence-electron chi connectivity index (χ1n) is 6.00. The number of alkyl halides is 3. The molecular weight excluding hydrogens is 243 g/mol. The van der Waals surface area contributed by atoms with Crippen LogP contribution in [0.3, 0.4) is 0 Å². The Balaban J connectivity index is 2.07. The maximum Gasteiger partial charge on any atom is 0.390 e. The summed E-state index contributed by atoms with van der Waals surface area (Å²) in [5.74, 6) is 0. The van der Waals surface area contributed by atoms with Crippen LogP contribution in [0, 0.1) is 0 Å². The van der Waals surface area contributed by atoms with Gasteiger partial charge in [0, 0.05) is 18.7 Å². The van der Waals surface area contributed by atoms with Crippen molar-refractivity contribution in [1.82, 2.24) is 5.32 Å². The van der Waals surface area contributed by atoms with Crippen molar-refractivity contribution in [3.05, 3.63) is 35.9 Å². The van der Waals surface area contributed by atoms with Crippen molar-refractivity contribution >= 4 is 0 Å². The third-order valence-electron chi connectivity index (χ3n) is 3.00. The summed E-state index contributed by atoms with van der Waals surface area (Å²) >= 11 is 0. The van der Waals surface area contributed by atoms with E-state index in [0.717, 1.165) is 6.42 Å². The van der Waals surface area contributed by atoms with E-state index >= 15 is 0 Å². The highest BCUT2D eigenvalue weighted by Gasteiger charge is 2.34. The van der Waals surface area contributed by atoms with Gasteiger partial charge in [-0.05, 0) is 12.0 Å². The van der Waals surface area contributed by atoms with Gasteiger partial charge in [0.25, 0.3) is 0 Å². The zero-order valence-electron chi connectivity index (χ0n) is 9.91. The number of benzene rings is 1. The predicted octanol–water partition coefficient (Wildman–Crippen LogP) is 3.06. The Bertz CT molecular complexity index is 360. The molecule has 0 aromatic heterocycles. The molecule has 2 nitrogen and oxygen atoms in total. The van der Waals surface area contributed by atoms with E-state index in [4.69, 9.17) is 4.74 Å². The molecule has 2 atom stereocenters. The van der Waals surface area contributed by atoms with Crippen molar-refractivity contribution in [3.8, 4) is 0 Å². The first kappa shape index (κ1) is 13.4. The molecule has 0 saturated carbocycles. The van der Waals surface area contributed by atoms with Crippen molar-refractivity contribution in [2.75, 3.05) is 13.2 Å². The molecule has 0 aliphatic carbocycles. The molecule has 2 unspecified atom stereocenters. The van der Waals surface area contributed by atoms with Gasteiger partial charge >= 0.3 is 6.18 Å². The SMILES string of the molecule is FC(F)(F)CC(NC1CCOC1)c1ccccc1. The van der Waals surface area contributed by atoms with Crippen LogP contribution in [0.5, 0.6) is 0 Å². The minimum atomic E-state index is -4.17. The van der Waals surface area contributed by atoms with Crippen LogP contribution in [0.1, 0.15) is 24.4 Å². The highest BCUT2D eigenvalue weighted by atomic mass is 19.4. The van der Waals surface area contributed by atoms with Crippen LogP contribution in [0.4, 0.5) is 13.2 Å². The molecule has 5 heteroatoms. The lowest BCUT2D eigenvalue weighted by atomic mass is 10.0. The number of halogens is 3. The Kier molecular flexibility index (Phi) is 4.24. The molecule has 2 rings (SSSR count). The highest BCUT2D eigenvalue weighted by Crippen LogP contribution is 2.30. The van der Waals surface area contributed by atoms with Crippen LogP contribution in [-0.4, -0.2) is 25.4 Å². The summed E-state index contributed by atoms with van der Waals surface area (Å²) in [6, 6.07) is 8.07. The molecule has 1 aliphatic rings. The van der Waals surface area contributed by atoms with Gasteiger partial charge in [0.15, 0.2) is 0 Å². The van der Waals surface area contributed by atoms with Crippen molar-refractivity contribution in [2.24, 2.45) is 0 Å². The third-order valence-corrected chi connectivity index (χ3v) is 3.00. The van der Waals surface area contributed by atoms with Gasteiger partial charge in [-0.25, -0.2) is 0 Å². The second kappa shape index (κ2) is 5.71. The Hall–Kier alpha value is -1.07. The Morgan fingerprint density at radius 1 is 1.28 bits per heavy atom. The number of rotatable bonds is 4. The average Bonchev–Trinajstić information content (AvgIpc) is 2.80. The van der Waals surface area contributed by atoms with E-state index in [1.165, 1.54) is 0 Å². The van der Waals surface area contributed by atoms with Gasteiger partial charge in [0.2, 0.25) is 0 Å². The Labute approximate surface area is 104 Å². The minimum absolute atomic E-state index is 0.0116. The molecule has 1 fully saturated rings. The van der Waals surface area contributed by atoms with Crippen LogP contribution in [0.15, 0.2) is 30.3 Å². The minimum Gasteiger partial charge on any atom is -0.380 e. The van der Waals surface area contributed by atoms with E-state index in [0.29, 0.717) is 18.8 Å². The lowest BCUT2D eigenvalue weighted by molar-refractivity contribution is -0.140. The maximum atomic E-state index is 12.6. The largest absolute Gasteiger partial charge is 0.390 e. The second-order valence-corrected chi connectivity index (χ2v) is 4.51. The van der Waals surface area contributed by atoms with Gasteiger partial charge in [-0.3, -0.25) is 0 Å².